The third-order valence-electron chi connectivity index (χ3n) is 8.46. The number of nitrogens with one attached hydrogen (secondary N) is 3. The van der Waals surface area contributed by atoms with Crippen molar-refractivity contribution < 1.29 is 28.8 Å². The highest BCUT2D eigenvalue weighted by atomic mass is 32.1. The Kier molecular flexibility index (Phi) is 11.3. The maximum atomic E-state index is 14.2. The number of primary amides is 1. The van der Waals surface area contributed by atoms with Gasteiger partial charge in [-0.05, 0) is 48.9 Å². The standard InChI is InChI=1S/C31H48N6O6S/c1-15(2)19-12-21(27(41)34-20(11-18-9-10-18)23(38)26(32)40)37(13-19)29(42)25(31(6,7)8)36-30(43)35-22(16(3)4)24(39)28-33-17(5)14-44-28/h14-16,18-22,25H,9-13H2,1-8H3,(H2,32,40)(H,34,41)(H2,35,36,43)/t19-,20?,21+,22+,25-/m1/s1. The smallest absolute Gasteiger partial charge is 0.316 e. The number of aryl methyl sites for hydroxylation is 1. The van der Waals surface area contributed by atoms with Crippen molar-refractivity contribution >= 4 is 46.7 Å². The second-order valence-electron chi connectivity index (χ2n) is 14.0. The Labute approximate surface area is 263 Å². The summed E-state index contributed by atoms with van der Waals surface area (Å²) in [5.41, 5.74) is 5.22. The number of carbonyl (C=O) groups excluding carboxylic acids is 6. The van der Waals surface area contributed by atoms with Gasteiger partial charge in [0.15, 0.2) is 5.01 Å². The molecule has 0 aromatic carbocycles. The van der Waals surface area contributed by atoms with E-state index in [9.17, 15) is 28.8 Å². The Bertz CT molecular complexity index is 1270. The second-order valence-corrected chi connectivity index (χ2v) is 14.9. The number of Topliss-reactive ketones (excluding diaryl/α,β-unsaturated/α-hetero) is 2. The zero-order chi connectivity index (χ0) is 33.1. The molecule has 13 heteroatoms. The van der Waals surface area contributed by atoms with E-state index in [-0.39, 0.29) is 36.0 Å². The van der Waals surface area contributed by atoms with E-state index in [2.05, 4.69) is 20.9 Å². The Morgan fingerprint density at radius 1 is 1.05 bits per heavy atom. The molecule has 1 saturated heterocycles. The van der Waals surface area contributed by atoms with Crippen molar-refractivity contribution in [3.63, 3.8) is 0 Å². The summed E-state index contributed by atoms with van der Waals surface area (Å²) in [6.07, 6.45) is 2.52. The van der Waals surface area contributed by atoms with E-state index in [1.807, 2.05) is 48.5 Å². The molecule has 5 atom stereocenters. The lowest BCUT2D eigenvalue weighted by Crippen LogP contribution is -2.61. The quantitative estimate of drug-likeness (QED) is 0.190. The fourth-order valence-electron chi connectivity index (χ4n) is 5.47. The van der Waals surface area contributed by atoms with E-state index < -0.39 is 59.1 Å². The minimum atomic E-state index is -1.11. The van der Waals surface area contributed by atoms with Gasteiger partial charge in [0.25, 0.3) is 5.91 Å². The number of nitrogens with zero attached hydrogens (tertiary/aromatic N) is 2. The van der Waals surface area contributed by atoms with Crippen LogP contribution < -0.4 is 21.7 Å². The van der Waals surface area contributed by atoms with Gasteiger partial charge in [-0.15, -0.1) is 11.3 Å². The highest BCUT2D eigenvalue weighted by Gasteiger charge is 2.46. The van der Waals surface area contributed by atoms with Crippen molar-refractivity contribution in [2.24, 2.45) is 34.8 Å². The number of rotatable bonds is 13. The number of nitrogens with two attached hydrogens (primary N) is 1. The van der Waals surface area contributed by atoms with Crippen LogP contribution in [0.5, 0.6) is 0 Å². The Morgan fingerprint density at radius 2 is 1.68 bits per heavy atom. The topological polar surface area (TPSA) is 181 Å². The SMILES string of the molecule is Cc1csc(C(=O)[C@@H](NC(=O)N[C@H](C(=O)N2C[C@H](C(C)C)C[C@H]2C(=O)NC(CC2CC2)C(=O)C(N)=O)C(C)(C)C)C(C)C)n1. The summed E-state index contributed by atoms with van der Waals surface area (Å²) < 4.78 is 0. The molecule has 0 radical (unpaired) electrons. The molecule has 5 N–H and O–H groups in total. The van der Waals surface area contributed by atoms with Crippen LogP contribution in [-0.4, -0.2) is 75.9 Å². The molecule has 2 aliphatic rings. The average molecular weight is 633 g/mol. The van der Waals surface area contributed by atoms with Gasteiger partial charge in [0.2, 0.25) is 23.4 Å². The molecule has 0 bridgehead atoms. The predicted octanol–water partition coefficient (Wildman–Crippen LogP) is 2.59. The van der Waals surface area contributed by atoms with Crippen molar-refractivity contribution in [3.8, 4) is 0 Å². The molecule has 2 heterocycles. The van der Waals surface area contributed by atoms with Crippen molar-refractivity contribution in [1.29, 1.82) is 0 Å². The molecular formula is C31H48N6O6S. The van der Waals surface area contributed by atoms with Gasteiger partial charge in [-0.1, -0.05) is 61.3 Å². The molecule has 44 heavy (non-hydrogen) atoms. The largest absolute Gasteiger partial charge is 0.363 e. The van der Waals surface area contributed by atoms with Crippen molar-refractivity contribution in [1.82, 2.24) is 25.8 Å². The third kappa shape index (κ3) is 8.86. The van der Waals surface area contributed by atoms with Crippen LogP contribution in [0, 0.1) is 36.0 Å². The lowest BCUT2D eigenvalue weighted by Gasteiger charge is -2.36. The maximum Gasteiger partial charge on any atom is 0.316 e. The summed E-state index contributed by atoms with van der Waals surface area (Å²) in [6, 6.07) is -4.53. The molecular weight excluding hydrogens is 584 g/mol. The molecule has 1 aromatic heterocycles. The molecule has 1 saturated carbocycles. The Hall–Kier alpha value is -3.35. The van der Waals surface area contributed by atoms with Crippen LogP contribution in [0.4, 0.5) is 4.79 Å². The normalized spacial score (nSPS) is 20.6. The lowest BCUT2D eigenvalue weighted by molar-refractivity contribution is -0.143. The van der Waals surface area contributed by atoms with Gasteiger partial charge in [0.05, 0.1) is 12.1 Å². The second kappa shape index (κ2) is 14.2. The first-order valence-electron chi connectivity index (χ1n) is 15.4. The zero-order valence-electron chi connectivity index (χ0n) is 27.1. The molecule has 5 amide bonds. The van der Waals surface area contributed by atoms with E-state index in [0.29, 0.717) is 23.5 Å². The molecule has 244 valence electrons. The van der Waals surface area contributed by atoms with Gasteiger partial charge in [0.1, 0.15) is 12.1 Å². The first kappa shape index (κ1) is 35.1. The van der Waals surface area contributed by atoms with Crippen LogP contribution in [0.25, 0.3) is 0 Å². The number of aromatic nitrogens is 1. The van der Waals surface area contributed by atoms with Crippen LogP contribution in [0.1, 0.15) is 89.6 Å². The first-order valence-corrected chi connectivity index (χ1v) is 16.3. The van der Waals surface area contributed by atoms with Crippen LogP contribution in [-0.2, 0) is 19.2 Å². The molecule has 0 spiro atoms. The Balaban J connectivity index is 1.82. The van der Waals surface area contributed by atoms with E-state index in [4.69, 9.17) is 5.73 Å². The maximum absolute atomic E-state index is 14.2. The number of ketones is 2. The molecule has 2 fully saturated rings. The molecule has 1 unspecified atom stereocenters. The van der Waals surface area contributed by atoms with Crippen LogP contribution in [0.15, 0.2) is 5.38 Å². The van der Waals surface area contributed by atoms with E-state index in [1.54, 1.807) is 12.3 Å². The first-order chi connectivity index (χ1) is 20.4. The van der Waals surface area contributed by atoms with Gasteiger partial charge in [-0.25, -0.2) is 9.78 Å². The Morgan fingerprint density at radius 3 is 2.16 bits per heavy atom. The number of urea groups is 1. The van der Waals surface area contributed by atoms with Crippen LogP contribution in [0.3, 0.4) is 0 Å². The molecule has 1 aliphatic heterocycles. The molecule has 12 nitrogen and oxygen atoms in total. The predicted molar refractivity (Wildman–Crippen MR) is 167 cm³/mol. The summed E-state index contributed by atoms with van der Waals surface area (Å²) in [6.45, 7) is 15.2. The molecule has 1 aliphatic carbocycles. The van der Waals surface area contributed by atoms with Gasteiger partial charge in [0, 0.05) is 17.6 Å². The van der Waals surface area contributed by atoms with Crippen molar-refractivity contribution in [3.05, 3.63) is 16.1 Å². The number of hydrogen-bond donors (Lipinski definition) is 4. The van der Waals surface area contributed by atoms with Gasteiger partial charge < -0.3 is 26.6 Å². The number of likely N-dealkylation sites (tertiary alicyclic amines) is 1. The fraction of sp³-hybridized carbons (Fsp3) is 0.710. The number of carbonyl (C=O) groups is 6. The number of amides is 5. The van der Waals surface area contributed by atoms with Gasteiger partial charge in [-0.3, -0.25) is 24.0 Å². The average Bonchev–Trinajstić information content (AvgIpc) is 3.44. The van der Waals surface area contributed by atoms with Crippen molar-refractivity contribution in [2.45, 2.75) is 105 Å². The number of thiazole rings is 1. The summed E-state index contributed by atoms with van der Waals surface area (Å²) in [5, 5.41) is 10.3. The number of hydrogen-bond acceptors (Lipinski definition) is 8. The fourth-order valence-corrected chi connectivity index (χ4v) is 6.24. The van der Waals surface area contributed by atoms with Gasteiger partial charge in [-0.2, -0.15) is 0 Å². The lowest BCUT2D eigenvalue weighted by atomic mass is 9.85. The highest BCUT2D eigenvalue weighted by Crippen LogP contribution is 2.35. The van der Waals surface area contributed by atoms with E-state index in [1.165, 1.54) is 16.2 Å². The highest BCUT2D eigenvalue weighted by molar-refractivity contribution is 7.11. The zero-order valence-corrected chi connectivity index (χ0v) is 27.9. The monoisotopic (exact) mass is 632 g/mol. The summed E-state index contributed by atoms with van der Waals surface area (Å²) in [5.74, 6) is -3.09. The molecule has 3 rings (SSSR count). The van der Waals surface area contributed by atoms with Crippen molar-refractivity contribution in [2.75, 3.05) is 6.54 Å². The van der Waals surface area contributed by atoms with E-state index in [0.717, 1.165) is 12.8 Å². The minimum Gasteiger partial charge on any atom is -0.363 e. The summed E-state index contributed by atoms with van der Waals surface area (Å²) in [4.78, 5) is 84.3. The summed E-state index contributed by atoms with van der Waals surface area (Å²) in [7, 11) is 0. The molecule has 1 aromatic rings. The van der Waals surface area contributed by atoms with Gasteiger partial charge >= 0.3 is 6.03 Å². The minimum absolute atomic E-state index is 0.00237. The van der Waals surface area contributed by atoms with E-state index >= 15 is 0 Å². The summed E-state index contributed by atoms with van der Waals surface area (Å²) >= 11 is 1.21. The third-order valence-corrected chi connectivity index (χ3v) is 9.43. The van der Waals surface area contributed by atoms with Crippen LogP contribution >= 0.6 is 11.3 Å². The van der Waals surface area contributed by atoms with Crippen LogP contribution in [0.2, 0.25) is 0 Å².